The first-order chi connectivity index (χ1) is 11.0. The largest absolute Gasteiger partial charge is 0.356 e. The van der Waals surface area contributed by atoms with Crippen molar-refractivity contribution >= 4 is 35.0 Å². The maximum absolute atomic E-state index is 12.1. The first-order valence-electron chi connectivity index (χ1n) is 7.64. The van der Waals surface area contributed by atoms with Crippen LogP contribution in [-0.2, 0) is 9.59 Å². The van der Waals surface area contributed by atoms with Gasteiger partial charge in [0.05, 0.1) is 0 Å². The Morgan fingerprint density at radius 3 is 2.52 bits per heavy atom. The smallest absolute Gasteiger partial charge is 0.243 e. The number of carbonyl (C=O) groups is 2. The molecule has 3 N–H and O–H groups in total. The van der Waals surface area contributed by atoms with E-state index >= 15 is 0 Å². The van der Waals surface area contributed by atoms with E-state index in [4.69, 9.17) is 28.4 Å². The molecule has 0 heterocycles. The summed E-state index contributed by atoms with van der Waals surface area (Å²) in [7, 11) is 0. The van der Waals surface area contributed by atoms with Gasteiger partial charge in [0.15, 0.2) is 0 Å². The molecule has 1 saturated carbocycles. The van der Waals surface area contributed by atoms with Crippen molar-refractivity contribution in [2.45, 2.75) is 38.0 Å². The molecule has 0 spiro atoms. The van der Waals surface area contributed by atoms with Crippen LogP contribution < -0.4 is 10.8 Å². The first-order valence-corrected chi connectivity index (χ1v) is 8.39. The van der Waals surface area contributed by atoms with Crippen LogP contribution in [0, 0.1) is 5.92 Å². The zero-order chi connectivity index (χ0) is 16.8. The number of halogens is 2. The van der Waals surface area contributed by atoms with Gasteiger partial charge in [0.2, 0.25) is 11.8 Å². The third kappa shape index (κ3) is 6.01. The van der Waals surface area contributed by atoms with E-state index in [1.165, 1.54) is 12.8 Å². The van der Waals surface area contributed by atoms with Crippen LogP contribution in [0.3, 0.4) is 0 Å². The lowest BCUT2D eigenvalue weighted by atomic mass is 9.91. The lowest BCUT2D eigenvalue weighted by molar-refractivity contribution is -0.129. The van der Waals surface area contributed by atoms with Crippen LogP contribution in [0.25, 0.3) is 0 Å². The fourth-order valence-electron chi connectivity index (χ4n) is 2.51. The number of benzene rings is 1. The summed E-state index contributed by atoms with van der Waals surface area (Å²) >= 11 is 12.1. The van der Waals surface area contributed by atoms with Crippen LogP contribution >= 0.6 is 23.2 Å². The molecule has 1 aliphatic carbocycles. The predicted octanol–water partition coefficient (Wildman–Crippen LogP) is 3.28. The number of hydroxylamine groups is 1. The Labute approximate surface area is 145 Å². The first kappa shape index (κ1) is 18.0. The Balaban J connectivity index is 2.00. The molecule has 1 fully saturated rings. The number of hydrogen-bond acceptors (Lipinski definition) is 3. The SMILES string of the molecule is O=C(CC(CC(=O)NCCC1CC1)c1ccc(Cl)cc1Cl)NO. The second-order valence-electron chi connectivity index (χ2n) is 5.89. The molecule has 2 amide bonds. The summed E-state index contributed by atoms with van der Waals surface area (Å²) in [6.45, 7) is 0.650. The number of rotatable bonds is 8. The lowest BCUT2D eigenvalue weighted by Gasteiger charge is -2.18. The van der Waals surface area contributed by atoms with Gasteiger partial charge in [-0.3, -0.25) is 14.8 Å². The molecule has 1 aromatic carbocycles. The quantitative estimate of drug-likeness (QED) is 0.492. The van der Waals surface area contributed by atoms with Crippen LogP contribution in [0.2, 0.25) is 10.0 Å². The second-order valence-corrected chi connectivity index (χ2v) is 6.73. The molecule has 7 heteroatoms. The van der Waals surface area contributed by atoms with Crippen molar-refractivity contribution in [1.82, 2.24) is 10.8 Å². The van der Waals surface area contributed by atoms with Gasteiger partial charge >= 0.3 is 0 Å². The molecular formula is C16H20Cl2N2O3. The second kappa shape index (κ2) is 8.52. The minimum Gasteiger partial charge on any atom is -0.356 e. The van der Waals surface area contributed by atoms with Gasteiger partial charge in [0.1, 0.15) is 0 Å². The molecule has 1 unspecified atom stereocenters. The molecule has 23 heavy (non-hydrogen) atoms. The highest BCUT2D eigenvalue weighted by molar-refractivity contribution is 6.35. The van der Waals surface area contributed by atoms with Crippen molar-refractivity contribution in [3.8, 4) is 0 Å². The summed E-state index contributed by atoms with van der Waals surface area (Å²) in [5.41, 5.74) is 2.26. The van der Waals surface area contributed by atoms with Crippen LogP contribution in [0.1, 0.15) is 43.6 Å². The highest BCUT2D eigenvalue weighted by atomic mass is 35.5. The Kier molecular flexibility index (Phi) is 6.69. The zero-order valence-corrected chi connectivity index (χ0v) is 14.2. The topological polar surface area (TPSA) is 78.4 Å². The third-order valence-corrected chi connectivity index (χ3v) is 4.52. The van der Waals surface area contributed by atoms with Gasteiger partial charge in [-0.05, 0) is 30.0 Å². The fraction of sp³-hybridized carbons (Fsp3) is 0.500. The molecule has 1 atom stereocenters. The zero-order valence-electron chi connectivity index (χ0n) is 12.6. The van der Waals surface area contributed by atoms with E-state index in [0.29, 0.717) is 22.2 Å². The van der Waals surface area contributed by atoms with Crippen LogP contribution in [0.5, 0.6) is 0 Å². The van der Waals surface area contributed by atoms with E-state index < -0.39 is 11.8 Å². The minimum atomic E-state index is -0.563. The monoisotopic (exact) mass is 358 g/mol. The van der Waals surface area contributed by atoms with Gasteiger partial charge in [-0.25, -0.2) is 5.48 Å². The fourth-order valence-corrected chi connectivity index (χ4v) is 3.08. The Bertz CT molecular complexity index is 576. The summed E-state index contributed by atoms with van der Waals surface area (Å²) in [5.74, 6) is -0.371. The third-order valence-electron chi connectivity index (χ3n) is 3.96. The van der Waals surface area contributed by atoms with E-state index in [-0.39, 0.29) is 18.7 Å². The van der Waals surface area contributed by atoms with Crippen molar-refractivity contribution in [3.63, 3.8) is 0 Å². The van der Waals surface area contributed by atoms with Crippen LogP contribution in [-0.4, -0.2) is 23.6 Å². The summed E-state index contributed by atoms with van der Waals surface area (Å²) in [6, 6.07) is 4.95. The van der Waals surface area contributed by atoms with Crippen molar-refractivity contribution in [3.05, 3.63) is 33.8 Å². The Hall–Kier alpha value is -1.30. The summed E-state index contributed by atoms with van der Waals surface area (Å²) in [4.78, 5) is 23.6. The molecule has 126 valence electrons. The van der Waals surface area contributed by atoms with Gasteiger partial charge in [0, 0.05) is 35.3 Å². The summed E-state index contributed by atoms with van der Waals surface area (Å²) in [6.07, 6.45) is 3.58. The molecular weight excluding hydrogens is 339 g/mol. The molecule has 0 bridgehead atoms. The minimum absolute atomic E-state index is 0.0338. The van der Waals surface area contributed by atoms with Gasteiger partial charge < -0.3 is 5.32 Å². The standard InChI is InChI=1S/C16H20Cl2N2O3/c17-12-3-4-13(14(18)9-12)11(8-16(22)20-23)7-15(21)19-6-5-10-1-2-10/h3-4,9-11,23H,1-2,5-8H2,(H,19,21)(H,20,22). The maximum Gasteiger partial charge on any atom is 0.243 e. The van der Waals surface area contributed by atoms with Crippen LogP contribution in [0.4, 0.5) is 0 Å². The summed E-state index contributed by atoms with van der Waals surface area (Å²) < 4.78 is 0. The Morgan fingerprint density at radius 1 is 1.22 bits per heavy atom. The average Bonchev–Trinajstić information content (AvgIpc) is 3.30. The van der Waals surface area contributed by atoms with Crippen molar-refractivity contribution in [2.24, 2.45) is 5.92 Å². The Morgan fingerprint density at radius 2 is 1.91 bits per heavy atom. The molecule has 1 aliphatic rings. The van der Waals surface area contributed by atoms with Gasteiger partial charge in [-0.2, -0.15) is 0 Å². The van der Waals surface area contributed by atoms with Gasteiger partial charge in [0.25, 0.3) is 0 Å². The van der Waals surface area contributed by atoms with E-state index in [0.717, 1.165) is 12.3 Å². The molecule has 2 rings (SSSR count). The molecule has 0 saturated heterocycles. The maximum atomic E-state index is 12.1. The molecule has 5 nitrogen and oxygen atoms in total. The van der Waals surface area contributed by atoms with Crippen molar-refractivity contribution in [1.29, 1.82) is 0 Å². The number of nitrogens with one attached hydrogen (secondary N) is 2. The summed E-state index contributed by atoms with van der Waals surface area (Å²) in [5, 5.41) is 12.5. The van der Waals surface area contributed by atoms with E-state index in [1.54, 1.807) is 23.7 Å². The van der Waals surface area contributed by atoms with Gasteiger partial charge in [-0.1, -0.05) is 42.1 Å². The predicted molar refractivity (Wildman–Crippen MR) is 88.7 cm³/mol. The highest BCUT2D eigenvalue weighted by Crippen LogP contribution is 2.33. The number of amides is 2. The normalized spacial score (nSPS) is 15.1. The van der Waals surface area contributed by atoms with Crippen molar-refractivity contribution in [2.75, 3.05) is 6.54 Å². The molecule has 0 aromatic heterocycles. The van der Waals surface area contributed by atoms with Gasteiger partial charge in [-0.15, -0.1) is 0 Å². The highest BCUT2D eigenvalue weighted by Gasteiger charge is 2.23. The number of carbonyl (C=O) groups excluding carboxylic acids is 2. The van der Waals surface area contributed by atoms with Crippen molar-refractivity contribution < 1.29 is 14.8 Å². The molecule has 1 aromatic rings. The van der Waals surface area contributed by atoms with E-state index in [2.05, 4.69) is 5.32 Å². The van der Waals surface area contributed by atoms with E-state index in [1.807, 2.05) is 0 Å². The van der Waals surface area contributed by atoms with Crippen LogP contribution in [0.15, 0.2) is 18.2 Å². The molecule has 0 aliphatic heterocycles. The van der Waals surface area contributed by atoms with E-state index in [9.17, 15) is 9.59 Å². The molecule has 0 radical (unpaired) electrons. The number of hydrogen-bond donors (Lipinski definition) is 3. The average molecular weight is 359 g/mol. The lowest BCUT2D eigenvalue weighted by Crippen LogP contribution is -2.28.